The van der Waals surface area contributed by atoms with E-state index in [1.54, 1.807) is 7.11 Å². The highest BCUT2D eigenvalue weighted by atomic mass is 16.5. The number of likely N-dealkylation sites (N-methyl/N-ethyl adjacent to an activating group) is 1. The quantitative estimate of drug-likeness (QED) is 0.517. The second kappa shape index (κ2) is 8.45. The third kappa shape index (κ3) is 3.10. The molecular formula is C32H36N2O4. The van der Waals surface area contributed by atoms with Crippen molar-refractivity contribution in [1.82, 2.24) is 9.47 Å². The van der Waals surface area contributed by atoms with E-state index in [1.807, 2.05) is 24.3 Å². The van der Waals surface area contributed by atoms with E-state index in [4.69, 9.17) is 9.47 Å². The van der Waals surface area contributed by atoms with Gasteiger partial charge in [-0.15, -0.1) is 0 Å². The van der Waals surface area contributed by atoms with Gasteiger partial charge < -0.3 is 24.0 Å². The summed E-state index contributed by atoms with van der Waals surface area (Å²) in [7, 11) is 5.93. The SMILES string of the molecule is COc1ccc2c3c1O[C@H]1c4c(cc(CCC(=O)CCc5ccccc5)n4C)C[C@@]4(O)[C@@H](C2)N(C)CC[C@]314. The van der Waals surface area contributed by atoms with Gasteiger partial charge in [0.15, 0.2) is 17.6 Å². The van der Waals surface area contributed by atoms with E-state index in [0.29, 0.717) is 25.7 Å². The molecule has 0 saturated carbocycles. The number of ether oxygens (including phenoxy) is 2. The van der Waals surface area contributed by atoms with Crippen LogP contribution in [0.4, 0.5) is 0 Å². The Bertz CT molecular complexity index is 1430. The molecule has 3 aromatic rings. The van der Waals surface area contributed by atoms with Gasteiger partial charge in [0.25, 0.3) is 0 Å². The minimum absolute atomic E-state index is 0.0329. The zero-order valence-electron chi connectivity index (χ0n) is 22.5. The number of methoxy groups -OCH3 is 1. The van der Waals surface area contributed by atoms with Gasteiger partial charge in [-0.3, -0.25) is 4.79 Å². The average molecular weight is 513 g/mol. The van der Waals surface area contributed by atoms with Gasteiger partial charge >= 0.3 is 0 Å². The maximum atomic E-state index is 12.8. The molecule has 2 aliphatic carbocycles. The number of piperidine rings is 1. The van der Waals surface area contributed by atoms with E-state index >= 15 is 0 Å². The molecule has 1 aromatic heterocycles. The Labute approximate surface area is 224 Å². The predicted molar refractivity (Wildman–Crippen MR) is 145 cm³/mol. The third-order valence-corrected chi connectivity index (χ3v) is 10.1. The number of hydrogen-bond donors (Lipinski definition) is 1. The molecule has 6 nitrogen and oxygen atoms in total. The zero-order valence-corrected chi connectivity index (χ0v) is 22.5. The van der Waals surface area contributed by atoms with E-state index in [9.17, 15) is 9.90 Å². The van der Waals surface area contributed by atoms with Gasteiger partial charge in [0.1, 0.15) is 5.78 Å². The highest BCUT2D eigenvalue weighted by Gasteiger charge is 2.72. The standard InChI is InChI=1S/C32H36N2O4/c1-33-16-15-31-27-21-10-14-25(37-3)29(27)38-30(31)28-22(19-32(31,36)26(33)18-21)17-23(34(28)2)11-13-24(35)12-9-20-7-5-4-6-8-20/h4-8,10,14,17,26,30,36H,9,11-13,15-16,18-19H2,1-3H3/t26-,30+,31+,32-/m1/s1. The van der Waals surface area contributed by atoms with Gasteiger partial charge in [-0.1, -0.05) is 36.4 Å². The van der Waals surface area contributed by atoms with Crippen molar-refractivity contribution in [2.24, 2.45) is 7.05 Å². The number of fused-ring (bicyclic) bond motifs is 2. The zero-order chi connectivity index (χ0) is 26.2. The number of ketones is 1. The average Bonchev–Trinajstić information content (AvgIpc) is 3.42. The molecular weight excluding hydrogens is 476 g/mol. The third-order valence-electron chi connectivity index (χ3n) is 10.1. The topological polar surface area (TPSA) is 63.9 Å². The van der Waals surface area contributed by atoms with Gasteiger partial charge in [0.2, 0.25) is 0 Å². The Morgan fingerprint density at radius 3 is 2.68 bits per heavy atom. The van der Waals surface area contributed by atoms with Crippen molar-refractivity contribution in [3.63, 3.8) is 0 Å². The largest absolute Gasteiger partial charge is 0.493 e. The van der Waals surface area contributed by atoms with Crippen molar-refractivity contribution in [3.05, 3.63) is 82.2 Å². The molecule has 2 bridgehead atoms. The number of Topliss-reactive ketones (excluding diaryl/α,β-unsaturated/α-hetero) is 1. The summed E-state index contributed by atoms with van der Waals surface area (Å²) >= 11 is 0. The summed E-state index contributed by atoms with van der Waals surface area (Å²) < 4.78 is 14.8. The fraction of sp³-hybridized carbons (Fsp3) is 0.469. The first-order chi connectivity index (χ1) is 18.4. The van der Waals surface area contributed by atoms with Gasteiger partial charge in [-0.25, -0.2) is 0 Å². The molecule has 0 amide bonds. The van der Waals surface area contributed by atoms with Gasteiger partial charge in [-0.05, 0) is 68.1 Å². The van der Waals surface area contributed by atoms with Gasteiger partial charge in [-0.2, -0.15) is 0 Å². The Morgan fingerprint density at radius 1 is 1.11 bits per heavy atom. The van der Waals surface area contributed by atoms with Crippen molar-refractivity contribution in [1.29, 1.82) is 0 Å². The molecule has 1 fully saturated rings. The lowest BCUT2D eigenvalue weighted by atomic mass is 9.49. The maximum Gasteiger partial charge on any atom is 0.166 e. The molecule has 7 rings (SSSR count). The maximum absolute atomic E-state index is 12.8. The Hall–Kier alpha value is -3.09. The van der Waals surface area contributed by atoms with Crippen LogP contribution in [0.15, 0.2) is 48.5 Å². The fourth-order valence-corrected chi connectivity index (χ4v) is 8.15. The summed E-state index contributed by atoms with van der Waals surface area (Å²) in [6.07, 6.45) is 4.54. The van der Waals surface area contributed by atoms with Crippen LogP contribution in [0.1, 0.15) is 59.0 Å². The Kier molecular flexibility index (Phi) is 5.34. The summed E-state index contributed by atoms with van der Waals surface area (Å²) in [5.74, 6) is 1.84. The molecule has 1 N–H and O–H groups in total. The molecule has 38 heavy (non-hydrogen) atoms. The number of hydrogen-bond acceptors (Lipinski definition) is 5. The van der Waals surface area contributed by atoms with Crippen LogP contribution in [0.3, 0.4) is 0 Å². The molecule has 4 aliphatic rings. The van der Waals surface area contributed by atoms with Crippen LogP contribution in [0.2, 0.25) is 0 Å². The van der Waals surface area contributed by atoms with Crippen LogP contribution in [-0.4, -0.2) is 52.7 Å². The predicted octanol–water partition coefficient (Wildman–Crippen LogP) is 4.09. The number of aliphatic hydroxyl groups is 1. The summed E-state index contributed by atoms with van der Waals surface area (Å²) in [6, 6.07) is 16.6. The normalized spacial score (nSPS) is 28.4. The van der Waals surface area contributed by atoms with Crippen molar-refractivity contribution in [2.75, 3.05) is 20.7 Å². The second-order valence-corrected chi connectivity index (χ2v) is 11.8. The first kappa shape index (κ1) is 24.0. The van der Waals surface area contributed by atoms with Gasteiger partial charge in [0.05, 0.1) is 23.8 Å². The van der Waals surface area contributed by atoms with Crippen molar-refractivity contribution >= 4 is 5.78 Å². The number of likely N-dealkylation sites (tertiary alicyclic amines) is 1. The van der Waals surface area contributed by atoms with Crippen molar-refractivity contribution in [2.45, 2.75) is 68.1 Å². The number of carbonyl (C=O) groups excluding carboxylic acids is 1. The number of nitrogens with zero attached hydrogens (tertiary/aromatic N) is 2. The van der Waals surface area contributed by atoms with Crippen molar-refractivity contribution in [3.8, 4) is 11.5 Å². The van der Waals surface area contributed by atoms with E-state index in [2.05, 4.69) is 47.8 Å². The van der Waals surface area contributed by atoms with Crippen molar-refractivity contribution < 1.29 is 19.4 Å². The number of benzene rings is 2. The first-order valence-corrected chi connectivity index (χ1v) is 13.9. The molecule has 0 unspecified atom stereocenters. The molecule has 198 valence electrons. The van der Waals surface area contributed by atoms with Crippen LogP contribution < -0.4 is 9.47 Å². The summed E-state index contributed by atoms with van der Waals surface area (Å²) in [6.45, 7) is 0.922. The number of aryl methyl sites for hydroxylation is 2. The van der Waals surface area contributed by atoms with Crippen LogP contribution in [0.5, 0.6) is 11.5 Å². The van der Waals surface area contributed by atoms with Crippen LogP contribution >= 0.6 is 0 Å². The summed E-state index contributed by atoms with van der Waals surface area (Å²) in [4.78, 5) is 15.1. The second-order valence-electron chi connectivity index (χ2n) is 11.8. The number of carbonyl (C=O) groups is 1. The molecule has 1 spiro atoms. The van der Waals surface area contributed by atoms with Gasteiger partial charge in [0, 0.05) is 43.6 Å². The fourth-order valence-electron chi connectivity index (χ4n) is 8.15. The summed E-state index contributed by atoms with van der Waals surface area (Å²) in [5.41, 5.74) is 5.65. The van der Waals surface area contributed by atoms with E-state index < -0.39 is 11.0 Å². The van der Waals surface area contributed by atoms with Crippen LogP contribution in [0.25, 0.3) is 0 Å². The lowest BCUT2D eigenvalue weighted by Gasteiger charge is -2.62. The monoisotopic (exact) mass is 512 g/mol. The number of aromatic nitrogens is 1. The molecule has 2 aromatic carbocycles. The molecule has 6 heteroatoms. The summed E-state index contributed by atoms with van der Waals surface area (Å²) in [5, 5.41) is 12.7. The van der Waals surface area contributed by atoms with Crippen LogP contribution in [0, 0.1) is 0 Å². The molecule has 4 atom stereocenters. The van der Waals surface area contributed by atoms with E-state index in [0.717, 1.165) is 59.8 Å². The molecule has 1 saturated heterocycles. The molecule has 0 radical (unpaired) electrons. The Morgan fingerprint density at radius 2 is 1.89 bits per heavy atom. The lowest BCUT2D eigenvalue weighted by Crippen LogP contribution is -2.73. The molecule has 2 aliphatic heterocycles. The smallest absolute Gasteiger partial charge is 0.166 e. The highest BCUT2D eigenvalue weighted by Crippen LogP contribution is 2.68. The molecule has 3 heterocycles. The number of rotatable bonds is 7. The first-order valence-electron chi connectivity index (χ1n) is 13.9. The van der Waals surface area contributed by atoms with E-state index in [-0.39, 0.29) is 17.9 Å². The minimum Gasteiger partial charge on any atom is -0.493 e. The van der Waals surface area contributed by atoms with Crippen LogP contribution in [-0.2, 0) is 42.9 Å². The Balaban J connectivity index is 1.23. The lowest BCUT2D eigenvalue weighted by molar-refractivity contribution is -0.168. The van der Waals surface area contributed by atoms with E-state index in [1.165, 1.54) is 11.1 Å². The highest BCUT2D eigenvalue weighted by molar-refractivity contribution is 5.78. The minimum atomic E-state index is -0.924.